The van der Waals surface area contributed by atoms with Crippen LogP contribution in [0, 0.1) is 11.8 Å². The molecule has 3 unspecified atom stereocenters. The van der Waals surface area contributed by atoms with Gasteiger partial charge >= 0.3 is 0 Å². The number of nitrogens with one attached hydrogen (secondary N) is 2. The molecule has 1 aliphatic carbocycles. The van der Waals surface area contributed by atoms with E-state index in [0.29, 0.717) is 10.7 Å². The summed E-state index contributed by atoms with van der Waals surface area (Å²) in [6.45, 7) is 4.40. The lowest BCUT2D eigenvalue weighted by Gasteiger charge is -2.16. The predicted molar refractivity (Wildman–Crippen MR) is 93.8 cm³/mol. The topological polar surface area (TPSA) is 57.8 Å². The van der Waals surface area contributed by atoms with Crippen LogP contribution in [0.1, 0.15) is 56.4 Å². The van der Waals surface area contributed by atoms with E-state index in [4.69, 9.17) is 11.6 Å². The van der Waals surface area contributed by atoms with Crippen LogP contribution in [0.3, 0.4) is 0 Å². The Morgan fingerprint density at radius 2 is 2.30 bits per heavy atom. The first kappa shape index (κ1) is 16.3. The number of nitrogens with zero attached hydrogens (tertiary/aromatic N) is 1. The molecule has 0 saturated heterocycles. The first-order valence-corrected chi connectivity index (χ1v) is 8.85. The second kappa shape index (κ2) is 6.91. The quantitative estimate of drug-likeness (QED) is 0.843. The zero-order valence-electron chi connectivity index (χ0n) is 13.7. The molecule has 1 amide bonds. The number of fused-ring (bicyclic) bond motifs is 1. The number of benzene rings is 1. The summed E-state index contributed by atoms with van der Waals surface area (Å²) < 4.78 is 0. The fourth-order valence-corrected chi connectivity index (χ4v) is 3.77. The average molecular weight is 334 g/mol. The van der Waals surface area contributed by atoms with Gasteiger partial charge in [0, 0.05) is 16.5 Å². The van der Waals surface area contributed by atoms with E-state index in [0.717, 1.165) is 29.2 Å². The third-order valence-corrected chi connectivity index (χ3v) is 5.16. The number of amides is 1. The van der Waals surface area contributed by atoms with Crippen LogP contribution in [-0.2, 0) is 0 Å². The van der Waals surface area contributed by atoms with Gasteiger partial charge in [-0.3, -0.25) is 9.89 Å². The zero-order chi connectivity index (χ0) is 16.4. The van der Waals surface area contributed by atoms with Gasteiger partial charge in [0.1, 0.15) is 0 Å². The number of carbonyl (C=O) groups excluding carboxylic acids is 1. The number of H-pyrrole nitrogens is 1. The van der Waals surface area contributed by atoms with Crippen molar-refractivity contribution in [1.29, 1.82) is 0 Å². The molecule has 1 aliphatic rings. The molecule has 2 N–H and O–H groups in total. The molecule has 0 bridgehead atoms. The summed E-state index contributed by atoms with van der Waals surface area (Å²) >= 11 is 5.96. The van der Waals surface area contributed by atoms with Crippen molar-refractivity contribution in [3.05, 3.63) is 28.9 Å². The highest BCUT2D eigenvalue weighted by Crippen LogP contribution is 2.33. The van der Waals surface area contributed by atoms with Gasteiger partial charge in [-0.05, 0) is 56.2 Å². The summed E-state index contributed by atoms with van der Waals surface area (Å²) in [5, 5.41) is 11.5. The molecule has 1 saturated carbocycles. The monoisotopic (exact) mass is 333 g/mol. The van der Waals surface area contributed by atoms with Gasteiger partial charge < -0.3 is 5.32 Å². The molecule has 0 aliphatic heterocycles. The molecule has 1 aromatic carbocycles. The third-order valence-electron chi connectivity index (χ3n) is 4.93. The van der Waals surface area contributed by atoms with Crippen molar-refractivity contribution in [1.82, 2.24) is 15.5 Å². The Hall–Kier alpha value is -1.55. The lowest BCUT2D eigenvalue weighted by molar-refractivity contribution is 0.0933. The summed E-state index contributed by atoms with van der Waals surface area (Å²) in [5.41, 5.74) is 1.23. The van der Waals surface area contributed by atoms with E-state index < -0.39 is 0 Å². The highest BCUT2D eigenvalue weighted by molar-refractivity contribution is 6.31. The van der Waals surface area contributed by atoms with Gasteiger partial charge in [-0.2, -0.15) is 5.10 Å². The molecule has 1 aromatic heterocycles. The Bertz CT molecular complexity index is 697. The van der Waals surface area contributed by atoms with Gasteiger partial charge in [0.25, 0.3) is 5.91 Å². The van der Waals surface area contributed by atoms with Crippen LogP contribution in [-0.4, -0.2) is 22.1 Å². The molecule has 3 atom stereocenters. The van der Waals surface area contributed by atoms with Gasteiger partial charge in [0.15, 0.2) is 5.69 Å². The molecule has 2 aromatic rings. The Morgan fingerprint density at radius 3 is 3.04 bits per heavy atom. The van der Waals surface area contributed by atoms with E-state index in [2.05, 4.69) is 29.4 Å². The molecular formula is C18H24ClN3O. The number of hydrogen-bond donors (Lipinski definition) is 2. The molecule has 1 fully saturated rings. The SMILES string of the molecule is CC1CCC(CCC(C)NC(=O)c2n[nH]c3cc(Cl)ccc23)C1. The summed E-state index contributed by atoms with van der Waals surface area (Å²) in [7, 11) is 0. The van der Waals surface area contributed by atoms with E-state index in [1.54, 1.807) is 12.1 Å². The molecular weight excluding hydrogens is 310 g/mol. The lowest BCUT2D eigenvalue weighted by atomic mass is 9.98. The Labute approximate surface area is 142 Å². The van der Waals surface area contributed by atoms with Crippen LogP contribution >= 0.6 is 11.6 Å². The number of aromatic nitrogens is 2. The van der Waals surface area contributed by atoms with Crippen LogP contribution in [0.4, 0.5) is 0 Å². The van der Waals surface area contributed by atoms with Crippen LogP contribution in [0.2, 0.25) is 5.02 Å². The van der Waals surface area contributed by atoms with Crippen molar-refractivity contribution in [2.45, 2.75) is 52.0 Å². The molecule has 0 spiro atoms. The largest absolute Gasteiger partial charge is 0.348 e. The summed E-state index contributed by atoms with van der Waals surface area (Å²) in [4.78, 5) is 12.4. The second-order valence-corrected chi connectivity index (χ2v) is 7.43. The van der Waals surface area contributed by atoms with Gasteiger partial charge in [0.05, 0.1) is 5.52 Å². The van der Waals surface area contributed by atoms with E-state index in [-0.39, 0.29) is 11.9 Å². The van der Waals surface area contributed by atoms with Gasteiger partial charge in [-0.25, -0.2) is 0 Å². The highest BCUT2D eigenvalue weighted by atomic mass is 35.5. The summed E-state index contributed by atoms with van der Waals surface area (Å²) in [6.07, 6.45) is 6.26. The van der Waals surface area contributed by atoms with Crippen molar-refractivity contribution in [2.24, 2.45) is 11.8 Å². The Balaban J connectivity index is 1.57. The number of aromatic amines is 1. The number of halogens is 1. The number of rotatable bonds is 5. The van der Waals surface area contributed by atoms with E-state index in [1.165, 1.54) is 25.7 Å². The fourth-order valence-electron chi connectivity index (χ4n) is 3.60. The number of hydrogen-bond acceptors (Lipinski definition) is 2. The fraction of sp³-hybridized carbons (Fsp3) is 0.556. The maximum Gasteiger partial charge on any atom is 0.272 e. The van der Waals surface area contributed by atoms with Crippen molar-refractivity contribution < 1.29 is 4.79 Å². The predicted octanol–water partition coefficient (Wildman–Crippen LogP) is 4.55. The zero-order valence-corrected chi connectivity index (χ0v) is 14.5. The molecule has 5 heteroatoms. The van der Waals surface area contributed by atoms with Crippen molar-refractivity contribution >= 4 is 28.4 Å². The van der Waals surface area contributed by atoms with Crippen LogP contribution in [0.25, 0.3) is 10.9 Å². The van der Waals surface area contributed by atoms with Crippen molar-refractivity contribution in [2.75, 3.05) is 0 Å². The lowest BCUT2D eigenvalue weighted by Crippen LogP contribution is -2.33. The minimum atomic E-state index is -0.120. The standard InChI is InChI=1S/C18H24ClN3O/c1-11-3-5-13(9-11)6-4-12(2)20-18(23)17-15-8-7-14(19)10-16(15)21-22-17/h7-8,10-13H,3-6,9H2,1-2H3,(H,20,23)(H,21,22). The van der Waals surface area contributed by atoms with Gasteiger partial charge in [0.2, 0.25) is 0 Å². The molecule has 23 heavy (non-hydrogen) atoms. The molecule has 124 valence electrons. The third kappa shape index (κ3) is 3.86. The first-order valence-electron chi connectivity index (χ1n) is 8.47. The highest BCUT2D eigenvalue weighted by Gasteiger charge is 2.22. The minimum absolute atomic E-state index is 0.120. The smallest absolute Gasteiger partial charge is 0.272 e. The maximum atomic E-state index is 12.4. The Morgan fingerprint density at radius 1 is 1.48 bits per heavy atom. The Kier molecular flexibility index (Phi) is 4.90. The van der Waals surface area contributed by atoms with Gasteiger partial charge in [-0.1, -0.05) is 31.4 Å². The van der Waals surface area contributed by atoms with Crippen LogP contribution in [0.15, 0.2) is 18.2 Å². The maximum absolute atomic E-state index is 12.4. The first-order chi connectivity index (χ1) is 11.0. The van der Waals surface area contributed by atoms with Crippen molar-refractivity contribution in [3.63, 3.8) is 0 Å². The van der Waals surface area contributed by atoms with E-state index in [1.807, 2.05) is 6.07 Å². The molecule has 1 heterocycles. The number of carbonyl (C=O) groups is 1. The summed E-state index contributed by atoms with van der Waals surface area (Å²) in [6, 6.07) is 5.56. The van der Waals surface area contributed by atoms with Crippen LogP contribution < -0.4 is 5.32 Å². The normalized spacial score (nSPS) is 22.4. The van der Waals surface area contributed by atoms with Gasteiger partial charge in [-0.15, -0.1) is 0 Å². The molecule has 3 rings (SSSR count). The second-order valence-electron chi connectivity index (χ2n) is 7.00. The summed E-state index contributed by atoms with van der Waals surface area (Å²) in [5.74, 6) is 1.58. The minimum Gasteiger partial charge on any atom is -0.348 e. The van der Waals surface area contributed by atoms with E-state index >= 15 is 0 Å². The molecule has 0 radical (unpaired) electrons. The van der Waals surface area contributed by atoms with Crippen LogP contribution in [0.5, 0.6) is 0 Å². The molecule has 4 nitrogen and oxygen atoms in total. The van der Waals surface area contributed by atoms with Crippen molar-refractivity contribution in [3.8, 4) is 0 Å². The average Bonchev–Trinajstić information content (AvgIpc) is 3.10. The van der Waals surface area contributed by atoms with E-state index in [9.17, 15) is 4.79 Å².